The highest BCUT2D eigenvalue weighted by atomic mass is 16.6. The maximum atomic E-state index is 5.49. The monoisotopic (exact) mass is 187 g/mol. The van der Waals surface area contributed by atoms with Crippen LogP contribution in [-0.4, -0.2) is 7.11 Å². The lowest BCUT2D eigenvalue weighted by molar-refractivity contribution is 0.301. The first-order chi connectivity index (χ1) is 6.90. The first-order valence-electron chi connectivity index (χ1n) is 4.43. The molecule has 2 heteroatoms. The SMILES string of the molecule is COc1cccc(-c2ccccc2)[o+]1. The molecule has 0 unspecified atom stereocenters. The fraction of sp³-hybridized carbons (Fsp3) is 0.0833. The Labute approximate surface area is 82.8 Å². The van der Waals surface area contributed by atoms with Gasteiger partial charge in [0.25, 0.3) is 5.76 Å². The third-order valence-electron chi connectivity index (χ3n) is 1.95. The minimum absolute atomic E-state index is 0.520. The van der Waals surface area contributed by atoms with Crippen molar-refractivity contribution in [3.8, 4) is 17.3 Å². The Morgan fingerprint density at radius 3 is 2.43 bits per heavy atom. The Balaban J connectivity index is 2.42. The molecule has 0 aliphatic rings. The molecule has 1 aromatic heterocycles. The summed E-state index contributed by atoms with van der Waals surface area (Å²) in [7, 11) is 1.59. The zero-order chi connectivity index (χ0) is 9.80. The Morgan fingerprint density at radius 2 is 1.71 bits per heavy atom. The quantitative estimate of drug-likeness (QED) is 0.673. The van der Waals surface area contributed by atoms with E-state index in [2.05, 4.69) is 0 Å². The molecule has 1 heterocycles. The molecule has 70 valence electrons. The summed E-state index contributed by atoms with van der Waals surface area (Å²) in [6, 6.07) is 15.5. The van der Waals surface area contributed by atoms with E-state index in [1.165, 1.54) is 0 Å². The maximum absolute atomic E-state index is 5.49. The highest BCUT2D eigenvalue weighted by Crippen LogP contribution is 2.22. The van der Waals surface area contributed by atoms with E-state index in [0.29, 0.717) is 5.95 Å². The Kier molecular flexibility index (Phi) is 2.45. The van der Waals surface area contributed by atoms with Gasteiger partial charge < -0.3 is 4.74 Å². The summed E-state index contributed by atoms with van der Waals surface area (Å²) in [5, 5.41) is 0. The van der Waals surface area contributed by atoms with Crippen LogP contribution in [0.5, 0.6) is 5.95 Å². The van der Waals surface area contributed by atoms with Crippen LogP contribution in [0.25, 0.3) is 11.3 Å². The van der Waals surface area contributed by atoms with Crippen molar-refractivity contribution in [2.45, 2.75) is 0 Å². The van der Waals surface area contributed by atoms with Gasteiger partial charge in [-0.3, -0.25) is 4.42 Å². The van der Waals surface area contributed by atoms with Crippen LogP contribution in [0.2, 0.25) is 0 Å². The maximum Gasteiger partial charge on any atom is 0.518 e. The predicted octanol–water partition coefficient (Wildman–Crippen LogP) is 3.24. The molecule has 2 nitrogen and oxygen atoms in total. The molecular formula is C12H11O2+. The lowest BCUT2D eigenvalue weighted by Crippen LogP contribution is -1.83. The second-order valence-electron chi connectivity index (χ2n) is 2.88. The van der Waals surface area contributed by atoms with E-state index >= 15 is 0 Å². The third kappa shape index (κ3) is 1.74. The molecule has 0 bridgehead atoms. The normalized spacial score (nSPS) is 9.79. The number of methoxy groups -OCH3 is 1. The molecule has 0 fully saturated rings. The standard InChI is InChI=1S/C12H11O2/c1-13-12-9-5-8-11(14-12)10-6-3-2-4-7-10/h2-9H,1H3/q+1. The molecule has 0 aliphatic heterocycles. The van der Waals surface area contributed by atoms with Gasteiger partial charge >= 0.3 is 5.95 Å². The van der Waals surface area contributed by atoms with Gasteiger partial charge in [-0.05, 0) is 18.2 Å². The van der Waals surface area contributed by atoms with Crippen molar-refractivity contribution in [1.29, 1.82) is 0 Å². The molecule has 0 radical (unpaired) electrons. The molecule has 0 amide bonds. The number of rotatable bonds is 2. The molecule has 2 aromatic rings. The van der Waals surface area contributed by atoms with E-state index < -0.39 is 0 Å². The summed E-state index contributed by atoms with van der Waals surface area (Å²) in [6.07, 6.45) is 0. The topological polar surface area (TPSA) is 20.5 Å². The first kappa shape index (κ1) is 8.75. The van der Waals surface area contributed by atoms with Gasteiger partial charge in [-0.1, -0.05) is 18.2 Å². The highest BCUT2D eigenvalue weighted by Gasteiger charge is 2.10. The van der Waals surface area contributed by atoms with Crippen molar-refractivity contribution in [2.24, 2.45) is 0 Å². The van der Waals surface area contributed by atoms with Crippen molar-refractivity contribution >= 4 is 0 Å². The molecule has 1 aromatic carbocycles. The largest absolute Gasteiger partial charge is 0.518 e. The minimum Gasteiger partial charge on any atom is -0.321 e. The Hall–Kier alpha value is -1.83. The van der Waals surface area contributed by atoms with Crippen molar-refractivity contribution in [3.05, 3.63) is 48.5 Å². The van der Waals surface area contributed by atoms with Crippen LogP contribution in [0.1, 0.15) is 0 Å². The van der Waals surface area contributed by atoms with Gasteiger partial charge in [-0.15, -0.1) is 0 Å². The second-order valence-corrected chi connectivity index (χ2v) is 2.88. The molecule has 0 saturated carbocycles. The molecular weight excluding hydrogens is 176 g/mol. The minimum atomic E-state index is 0.520. The van der Waals surface area contributed by atoms with Crippen LogP contribution < -0.4 is 4.74 Å². The van der Waals surface area contributed by atoms with Crippen LogP contribution >= 0.6 is 0 Å². The zero-order valence-electron chi connectivity index (χ0n) is 7.94. The van der Waals surface area contributed by atoms with Gasteiger partial charge in [0.05, 0.1) is 6.07 Å². The molecule has 0 spiro atoms. The molecule has 0 N–H and O–H groups in total. The van der Waals surface area contributed by atoms with Crippen molar-refractivity contribution in [3.63, 3.8) is 0 Å². The van der Waals surface area contributed by atoms with Crippen LogP contribution in [0, 0.1) is 0 Å². The van der Waals surface area contributed by atoms with Gasteiger partial charge in [0, 0.05) is 11.6 Å². The lowest BCUT2D eigenvalue weighted by atomic mass is 10.2. The third-order valence-corrected chi connectivity index (χ3v) is 1.95. The van der Waals surface area contributed by atoms with Gasteiger partial charge in [0.15, 0.2) is 7.11 Å². The molecule has 14 heavy (non-hydrogen) atoms. The summed E-state index contributed by atoms with van der Waals surface area (Å²) >= 11 is 0. The van der Waals surface area contributed by atoms with Gasteiger partial charge in [0.2, 0.25) is 0 Å². The summed E-state index contributed by atoms with van der Waals surface area (Å²) < 4.78 is 10.5. The molecule has 2 rings (SSSR count). The summed E-state index contributed by atoms with van der Waals surface area (Å²) in [4.78, 5) is 0. The van der Waals surface area contributed by atoms with Gasteiger partial charge in [-0.2, -0.15) is 0 Å². The van der Waals surface area contributed by atoms with E-state index in [4.69, 9.17) is 9.15 Å². The van der Waals surface area contributed by atoms with E-state index in [9.17, 15) is 0 Å². The first-order valence-corrected chi connectivity index (χ1v) is 4.43. The summed E-state index contributed by atoms with van der Waals surface area (Å²) in [5.74, 6) is 1.33. The number of ether oxygens (including phenoxy) is 1. The number of hydrogen-bond donors (Lipinski definition) is 0. The average Bonchev–Trinajstić information content (AvgIpc) is 2.30. The van der Waals surface area contributed by atoms with Crippen molar-refractivity contribution in [1.82, 2.24) is 0 Å². The van der Waals surface area contributed by atoms with Crippen LogP contribution in [-0.2, 0) is 0 Å². The predicted molar refractivity (Wildman–Crippen MR) is 55.1 cm³/mol. The summed E-state index contributed by atoms with van der Waals surface area (Å²) in [6.45, 7) is 0. The van der Waals surface area contributed by atoms with Gasteiger partial charge in [0.1, 0.15) is 0 Å². The Bertz CT molecular complexity index is 410. The van der Waals surface area contributed by atoms with E-state index in [1.54, 1.807) is 13.2 Å². The number of hydrogen-bond acceptors (Lipinski definition) is 1. The van der Waals surface area contributed by atoms with Crippen LogP contribution in [0.3, 0.4) is 0 Å². The molecule has 0 saturated heterocycles. The fourth-order valence-electron chi connectivity index (χ4n) is 1.26. The van der Waals surface area contributed by atoms with Gasteiger partial charge in [-0.25, -0.2) is 0 Å². The van der Waals surface area contributed by atoms with Crippen molar-refractivity contribution < 1.29 is 9.15 Å². The Morgan fingerprint density at radius 1 is 0.929 bits per heavy atom. The lowest BCUT2D eigenvalue weighted by Gasteiger charge is -1.93. The highest BCUT2D eigenvalue weighted by molar-refractivity contribution is 5.56. The fourth-order valence-corrected chi connectivity index (χ4v) is 1.26. The molecule has 0 atom stereocenters. The van der Waals surface area contributed by atoms with E-state index in [0.717, 1.165) is 11.3 Å². The smallest absolute Gasteiger partial charge is 0.321 e. The zero-order valence-corrected chi connectivity index (χ0v) is 7.94. The van der Waals surface area contributed by atoms with E-state index in [-0.39, 0.29) is 0 Å². The van der Waals surface area contributed by atoms with Crippen LogP contribution in [0.4, 0.5) is 0 Å². The van der Waals surface area contributed by atoms with Crippen LogP contribution in [0.15, 0.2) is 52.9 Å². The number of benzene rings is 1. The van der Waals surface area contributed by atoms with Crippen molar-refractivity contribution in [2.75, 3.05) is 7.11 Å². The average molecular weight is 187 g/mol. The summed E-state index contributed by atoms with van der Waals surface area (Å²) in [5.41, 5.74) is 1.05. The second kappa shape index (κ2) is 3.92. The molecule has 0 aliphatic carbocycles. The van der Waals surface area contributed by atoms with E-state index in [1.807, 2.05) is 42.5 Å².